The molecule has 2 aromatic heterocycles. The first-order valence-electron chi connectivity index (χ1n) is 10.4. The first kappa shape index (κ1) is 24.0. The number of Topliss-reactive ketones (excluding diaryl/α,β-unsaturated/α-hetero) is 1. The second-order valence-electron chi connectivity index (χ2n) is 7.61. The van der Waals surface area contributed by atoms with Crippen molar-refractivity contribution in [3.05, 3.63) is 84.7 Å². The van der Waals surface area contributed by atoms with Crippen LogP contribution in [-0.2, 0) is 13.1 Å². The third-order valence-corrected chi connectivity index (χ3v) is 6.64. The summed E-state index contributed by atoms with van der Waals surface area (Å²) < 4.78 is 2.26. The van der Waals surface area contributed by atoms with Crippen molar-refractivity contribution in [2.24, 2.45) is 0 Å². The minimum atomic E-state index is -0.709. The summed E-state index contributed by atoms with van der Waals surface area (Å²) in [7, 11) is 0. The van der Waals surface area contributed by atoms with Crippen LogP contribution in [0, 0.1) is 32.1 Å². The number of pyridine rings is 1. The van der Waals surface area contributed by atoms with Gasteiger partial charge in [-0.05, 0) is 44.4 Å². The summed E-state index contributed by atoms with van der Waals surface area (Å²) >= 11 is 1.08. The lowest BCUT2D eigenvalue weighted by Gasteiger charge is -2.16. The number of thioether (sulfide) groups is 1. The number of carbonyl (C=O) groups excluding carboxylic acids is 1. The van der Waals surface area contributed by atoms with Gasteiger partial charge in [-0.2, -0.15) is 5.26 Å². The Labute approximate surface area is 195 Å². The van der Waals surface area contributed by atoms with Crippen LogP contribution in [0.15, 0.2) is 44.9 Å². The van der Waals surface area contributed by atoms with E-state index in [4.69, 9.17) is 5.73 Å². The molecule has 0 fully saturated rings. The predicted molar refractivity (Wildman–Crippen MR) is 129 cm³/mol. The van der Waals surface area contributed by atoms with E-state index in [1.54, 1.807) is 6.92 Å². The number of nitrogens with two attached hydrogens (primary N) is 1. The Morgan fingerprint density at radius 3 is 2.39 bits per heavy atom. The van der Waals surface area contributed by atoms with Gasteiger partial charge in [-0.25, -0.2) is 9.78 Å². The molecule has 2 N–H and O–H groups in total. The summed E-state index contributed by atoms with van der Waals surface area (Å²) in [6, 6.07) is 11.3. The van der Waals surface area contributed by atoms with E-state index >= 15 is 0 Å². The number of ketones is 1. The summed E-state index contributed by atoms with van der Waals surface area (Å²) in [5, 5.41) is 9.99. The fraction of sp³-hybridized carbons (Fsp3) is 0.292. The zero-order valence-electron chi connectivity index (χ0n) is 19.0. The van der Waals surface area contributed by atoms with Gasteiger partial charge in [0.2, 0.25) is 0 Å². The van der Waals surface area contributed by atoms with Gasteiger partial charge in [0.15, 0.2) is 5.78 Å². The van der Waals surface area contributed by atoms with Gasteiger partial charge >= 0.3 is 5.69 Å². The zero-order chi connectivity index (χ0) is 24.3. The average molecular weight is 464 g/mol. The van der Waals surface area contributed by atoms with E-state index in [0.29, 0.717) is 10.6 Å². The molecule has 0 amide bonds. The van der Waals surface area contributed by atoms with Gasteiger partial charge in [-0.15, -0.1) is 0 Å². The zero-order valence-corrected chi connectivity index (χ0v) is 19.8. The first-order valence-corrected chi connectivity index (χ1v) is 11.4. The lowest BCUT2D eigenvalue weighted by atomic mass is 10.1. The van der Waals surface area contributed by atoms with Gasteiger partial charge < -0.3 is 5.73 Å². The molecule has 0 radical (unpaired) electrons. The molecule has 0 spiro atoms. The molecular weight excluding hydrogens is 438 g/mol. The van der Waals surface area contributed by atoms with Gasteiger partial charge in [0.05, 0.1) is 17.9 Å². The molecule has 170 valence electrons. The predicted octanol–water partition coefficient (Wildman–Crippen LogP) is 2.83. The maximum absolute atomic E-state index is 13.1. The highest BCUT2D eigenvalue weighted by Gasteiger charge is 2.23. The van der Waals surface area contributed by atoms with Crippen LogP contribution >= 0.6 is 11.8 Å². The third-order valence-electron chi connectivity index (χ3n) is 5.66. The average Bonchev–Trinajstić information content (AvgIpc) is 2.80. The van der Waals surface area contributed by atoms with Crippen molar-refractivity contribution in [3.63, 3.8) is 0 Å². The molecule has 2 heterocycles. The fourth-order valence-corrected chi connectivity index (χ4v) is 4.49. The number of rotatable bonds is 7. The number of hydrogen-bond donors (Lipinski definition) is 1. The van der Waals surface area contributed by atoms with Crippen molar-refractivity contribution in [1.82, 2.24) is 14.1 Å². The summed E-state index contributed by atoms with van der Waals surface area (Å²) in [5.41, 5.74) is 8.43. The lowest BCUT2D eigenvalue weighted by Crippen LogP contribution is -2.44. The van der Waals surface area contributed by atoms with E-state index in [1.807, 2.05) is 51.1 Å². The molecule has 3 aromatic rings. The Morgan fingerprint density at radius 1 is 1.12 bits per heavy atom. The molecule has 0 atom stereocenters. The van der Waals surface area contributed by atoms with Crippen molar-refractivity contribution in [1.29, 1.82) is 5.26 Å². The van der Waals surface area contributed by atoms with Crippen molar-refractivity contribution in [2.45, 2.75) is 45.8 Å². The van der Waals surface area contributed by atoms with Crippen molar-refractivity contribution >= 4 is 23.4 Å². The third kappa shape index (κ3) is 4.61. The fourth-order valence-electron chi connectivity index (χ4n) is 3.53. The Kier molecular flexibility index (Phi) is 7.19. The van der Waals surface area contributed by atoms with E-state index in [2.05, 4.69) is 11.1 Å². The maximum atomic E-state index is 13.1. The van der Waals surface area contributed by atoms with Crippen LogP contribution in [-0.4, -0.2) is 25.7 Å². The van der Waals surface area contributed by atoms with Crippen molar-refractivity contribution in [3.8, 4) is 6.07 Å². The smallest absolute Gasteiger partial charge is 0.332 e. The number of carbonyl (C=O) groups is 1. The number of hydrogen-bond acceptors (Lipinski definition) is 7. The standard InChI is InChI=1S/C24H25N5O3S/c1-5-28-23(31)20(21(26)29(24(28)32)12-17-9-7-6-8-10-17)19(30)13-33-22-18(11-25)15(3)14(2)16(4)27-22/h6-10H,5,12-13,26H2,1-4H3. The van der Waals surface area contributed by atoms with Gasteiger partial charge in [-0.3, -0.25) is 18.7 Å². The first-order chi connectivity index (χ1) is 15.7. The minimum absolute atomic E-state index is 0.108. The molecule has 8 nitrogen and oxygen atoms in total. The second kappa shape index (κ2) is 9.88. The highest BCUT2D eigenvalue weighted by atomic mass is 32.2. The monoisotopic (exact) mass is 463 g/mol. The van der Waals surface area contributed by atoms with Crippen molar-refractivity contribution < 1.29 is 4.79 Å². The maximum Gasteiger partial charge on any atom is 0.332 e. The molecule has 0 aliphatic rings. The molecule has 0 aliphatic carbocycles. The minimum Gasteiger partial charge on any atom is -0.384 e. The lowest BCUT2D eigenvalue weighted by molar-refractivity contribution is 0.102. The molecule has 0 saturated carbocycles. The summed E-state index contributed by atoms with van der Waals surface area (Å²) in [6.07, 6.45) is 0. The number of benzene rings is 1. The molecular formula is C24H25N5O3S. The number of aryl methyl sites for hydroxylation is 1. The van der Waals surface area contributed by atoms with E-state index in [9.17, 15) is 19.6 Å². The van der Waals surface area contributed by atoms with Gasteiger partial charge in [0.1, 0.15) is 22.5 Å². The molecule has 0 saturated heterocycles. The van der Waals surface area contributed by atoms with Crippen LogP contribution in [0.1, 0.15) is 45.2 Å². The van der Waals surface area contributed by atoms with Crippen LogP contribution in [0.3, 0.4) is 0 Å². The second-order valence-corrected chi connectivity index (χ2v) is 8.58. The Bertz CT molecular complexity index is 1380. The topological polar surface area (TPSA) is 124 Å². The van der Waals surface area contributed by atoms with Gasteiger partial charge in [-0.1, -0.05) is 42.1 Å². The largest absolute Gasteiger partial charge is 0.384 e. The molecule has 0 bridgehead atoms. The summed E-state index contributed by atoms with van der Waals surface area (Å²) in [6.45, 7) is 7.47. The summed E-state index contributed by atoms with van der Waals surface area (Å²) in [5.74, 6) is -0.821. The Hall–Kier alpha value is -3.64. The molecule has 0 unspecified atom stereocenters. The van der Waals surface area contributed by atoms with Crippen LogP contribution in [0.5, 0.6) is 0 Å². The Balaban J connectivity index is 2.02. The van der Waals surface area contributed by atoms with E-state index in [0.717, 1.165) is 38.7 Å². The van der Waals surface area contributed by atoms with Crippen molar-refractivity contribution in [2.75, 3.05) is 11.5 Å². The highest BCUT2D eigenvalue weighted by molar-refractivity contribution is 8.00. The molecule has 33 heavy (non-hydrogen) atoms. The van der Waals surface area contributed by atoms with E-state index in [1.165, 1.54) is 4.57 Å². The number of nitrogens with zero attached hydrogens (tertiary/aromatic N) is 4. The molecule has 0 aliphatic heterocycles. The molecule has 3 rings (SSSR count). The van der Waals surface area contributed by atoms with Gasteiger partial charge in [0.25, 0.3) is 5.56 Å². The van der Waals surface area contributed by atoms with Crippen LogP contribution in [0.2, 0.25) is 0 Å². The number of anilines is 1. The number of aromatic nitrogens is 3. The quantitative estimate of drug-likeness (QED) is 0.422. The SMILES string of the molecule is CCn1c(=O)c(C(=O)CSc2nc(C)c(C)c(C)c2C#N)c(N)n(Cc2ccccc2)c1=O. The number of nitriles is 1. The van der Waals surface area contributed by atoms with Crippen LogP contribution in [0.25, 0.3) is 0 Å². The number of nitrogen functional groups attached to an aromatic ring is 1. The normalized spacial score (nSPS) is 10.8. The van der Waals surface area contributed by atoms with Crippen LogP contribution < -0.4 is 17.0 Å². The van der Waals surface area contributed by atoms with E-state index < -0.39 is 17.0 Å². The van der Waals surface area contributed by atoms with Crippen LogP contribution in [0.4, 0.5) is 5.82 Å². The van der Waals surface area contributed by atoms with E-state index in [-0.39, 0.29) is 30.2 Å². The molecule has 9 heteroatoms. The highest BCUT2D eigenvalue weighted by Crippen LogP contribution is 2.27. The van der Waals surface area contributed by atoms with Gasteiger partial charge in [0, 0.05) is 12.2 Å². The Morgan fingerprint density at radius 2 is 1.79 bits per heavy atom. The summed E-state index contributed by atoms with van der Waals surface area (Å²) in [4.78, 5) is 43.4. The molecule has 1 aromatic carbocycles.